The molecule has 0 unspecified atom stereocenters. The second-order valence-electron chi connectivity index (χ2n) is 7.51. The third-order valence-electron chi connectivity index (χ3n) is 5.58. The number of amides is 1. The summed E-state index contributed by atoms with van der Waals surface area (Å²) >= 11 is 0. The van der Waals surface area contributed by atoms with Crippen LogP contribution in [-0.4, -0.2) is 39.4 Å². The number of carbonyl (C=O) groups is 1. The fourth-order valence-electron chi connectivity index (χ4n) is 3.75. The van der Waals surface area contributed by atoms with Crippen molar-refractivity contribution >= 4 is 27.1 Å². The highest BCUT2D eigenvalue weighted by Crippen LogP contribution is 2.40. The molecule has 1 amide bonds. The Kier molecular flexibility index (Phi) is 5.08. The van der Waals surface area contributed by atoms with Gasteiger partial charge in [0.15, 0.2) is 4.91 Å². The molecule has 29 heavy (non-hydrogen) atoms. The maximum absolute atomic E-state index is 13.3. The Hall–Kier alpha value is -2.80. The predicted molar refractivity (Wildman–Crippen MR) is 112 cm³/mol. The number of benzene rings is 2. The van der Waals surface area contributed by atoms with Crippen molar-refractivity contribution in [1.82, 2.24) is 4.90 Å². The zero-order valence-electron chi connectivity index (χ0n) is 16.5. The van der Waals surface area contributed by atoms with Crippen molar-refractivity contribution in [1.29, 1.82) is 0 Å². The first-order chi connectivity index (χ1) is 13.9. The van der Waals surface area contributed by atoms with Crippen LogP contribution in [0.2, 0.25) is 0 Å². The Morgan fingerprint density at radius 3 is 2.34 bits per heavy atom. The minimum absolute atomic E-state index is 0.145. The largest absolute Gasteiger partial charge is 0.497 e. The number of para-hydroxylation sites is 1. The lowest BCUT2D eigenvalue weighted by Gasteiger charge is -2.33. The van der Waals surface area contributed by atoms with Gasteiger partial charge in [-0.3, -0.25) is 4.79 Å². The normalized spacial score (nSPS) is 18.8. The molecule has 0 radical (unpaired) electrons. The van der Waals surface area contributed by atoms with Crippen LogP contribution < -0.4 is 9.64 Å². The molecule has 0 aliphatic carbocycles. The molecule has 6 nitrogen and oxygen atoms in total. The smallest absolute Gasteiger partial charge is 0.267 e. The predicted octanol–water partition coefficient (Wildman–Crippen LogP) is 3.72. The number of nitrogens with zero attached hydrogens (tertiary/aromatic N) is 2. The fraction of sp³-hybridized carbons (Fsp3) is 0.318. The van der Waals surface area contributed by atoms with Crippen molar-refractivity contribution in [3.63, 3.8) is 0 Å². The van der Waals surface area contributed by atoms with Crippen LogP contribution in [0, 0.1) is 5.92 Å². The monoisotopic (exact) mass is 412 g/mol. The van der Waals surface area contributed by atoms with Gasteiger partial charge in [-0.1, -0.05) is 19.1 Å². The van der Waals surface area contributed by atoms with Gasteiger partial charge in [0.05, 0.1) is 17.7 Å². The number of fused-ring (bicyclic) bond motifs is 1. The summed E-state index contributed by atoms with van der Waals surface area (Å²) in [6.07, 6.45) is 3.23. The molecule has 7 heteroatoms. The van der Waals surface area contributed by atoms with E-state index in [1.54, 1.807) is 41.2 Å². The van der Waals surface area contributed by atoms with E-state index in [2.05, 4.69) is 6.92 Å². The van der Waals surface area contributed by atoms with E-state index in [4.69, 9.17) is 4.74 Å². The Morgan fingerprint density at radius 1 is 1.03 bits per heavy atom. The Balaban J connectivity index is 1.79. The van der Waals surface area contributed by atoms with E-state index in [1.165, 1.54) is 6.20 Å². The molecule has 0 saturated carbocycles. The van der Waals surface area contributed by atoms with Crippen LogP contribution in [0.4, 0.5) is 11.4 Å². The van der Waals surface area contributed by atoms with Crippen LogP contribution >= 0.6 is 0 Å². The highest BCUT2D eigenvalue weighted by molar-refractivity contribution is 7.96. The van der Waals surface area contributed by atoms with Crippen LogP contribution in [0.3, 0.4) is 0 Å². The van der Waals surface area contributed by atoms with E-state index in [9.17, 15) is 13.2 Å². The summed E-state index contributed by atoms with van der Waals surface area (Å²) in [5.41, 5.74) is 1.28. The van der Waals surface area contributed by atoms with Gasteiger partial charge in [0, 0.05) is 25.0 Å². The van der Waals surface area contributed by atoms with E-state index in [0.29, 0.717) is 30.4 Å². The number of piperidine rings is 1. The molecule has 1 fully saturated rings. The molecular formula is C22H24N2O4S. The summed E-state index contributed by atoms with van der Waals surface area (Å²) in [6.45, 7) is 3.31. The zero-order valence-corrected chi connectivity index (χ0v) is 17.4. The summed E-state index contributed by atoms with van der Waals surface area (Å²) in [5, 5.41) is 0. The number of hydrogen-bond donors (Lipinski definition) is 0. The maximum atomic E-state index is 13.3. The second kappa shape index (κ2) is 7.55. The van der Waals surface area contributed by atoms with Gasteiger partial charge in [-0.05, 0) is 55.2 Å². The van der Waals surface area contributed by atoms with Crippen molar-refractivity contribution in [2.24, 2.45) is 5.92 Å². The molecule has 0 bridgehead atoms. The van der Waals surface area contributed by atoms with Gasteiger partial charge >= 0.3 is 0 Å². The third kappa shape index (κ3) is 3.51. The van der Waals surface area contributed by atoms with Gasteiger partial charge in [0.25, 0.3) is 5.91 Å². The molecular weight excluding hydrogens is 388 g/mol. The van der Waals surface area contributed by atoms with E-state index in [0.717, 1.165) is 18.5 Å². The number of methoxy groups -OCH3 is 1. The molecule has 1 saturated heterocycles. The van der Waals surface area contributed by atoms with E-state index >= 15 is 0 Å². The van der Waals surface area contributed by atoms with Crippen LogP contribution in [0.1, 0.15) is 19.8 Å². The molecule has 2 aliphatic heterocycles. The van der Waals surface area contributed by atoms with Gasteiger partial charge < -0.3 is 14.5 Å². The molecule has 0 aromatic heterocycles. The molecule has 0 N–H and O–H groups in total. The van der Waals surface area contributed by atoms with Crippen molar-refractivity contribution in [3.8, 4) is 5.75 Å². The van der Waals surface area contributed by atoms with Gasteiger partial charge in [0.1, 0.15) is 5.75 Å². The highest BCUT2D eigenvalue weighted by atomic mass is 32.2. The lowest BCUT2D eigenvalue weighted by molar-refractivity contribution is -0.127. The molecule has 0 atom stereocenters. The lowest BCUT2D eigenvalue weighted by Crippen LogP contribution is -2.41. The topological polar surface area (TPSA) is 66.9 Å². The van der Waals surface area contributed by atoms with Crippen LogP contribution in [0.25, 0.3) is 0 Å². The number of rotatable bonds is 3. The standard InChI is InChI=1S/C22H24N2O4S/c1-16-11-13-23(14-12-16)22(25)21-15-24(17-7-9-18(28-2)10-8-17)19-5-3-4-6-20(19)29(21,26)27/h3-10,15-16H,11-14H2,1-2H3. The number of ether oxygens (including phenoxy) is 1. The molecule has 2 aliphatic rings. The Morgan fingerprint density at radius 2 is 1.69 bits per heavy atom. The average molecular weight is 413 g/mol. The van der Waals surface area contributed by atoms with E-state index in [1.807, 2.05) is 24.3 Å². The first kappa shape index (κ1) is 19.5. The van der Waals surface area contributed by atoms with Crippen LogP contribution in [-0.2, 0) is 14.6 Å². The molecule has 152 valence electrons. The van der Waals surface area contributed by atoms with Crippen molar-refractivity contribution in [2.45, 2.75) is 24.7 Å². The van der Waals surface area contributed by atoms with Gasteiger partial charge in [0.2, 0.25) is 9.84 Å². The molecule has 2 aromatic carbocycles. The molecule has 2 aromatic rings. The molecule has 0 spiro atoms. The van der Waals surface area contributed by atoms with Crippen LogP contribution in [0.15, 0.2) is 64.5 Å². The Labute approximate surface area is 171 Å². The summed E-state index contributed by atoms with van der Waals surface area (Å²) < 4.78 is 31.8. The summed E-state index contributed by atoms with van der Waals surface area (Å²) in [4.78, 5) is 16.6. The van der Waals surface area contributed by atoms with Crippen molar-refractivity contribution in [2.75, 3.05) is 25.1 Å². The number of carbonyl (C=O) groups excluding carboxylic acids is 1. The quantitative estimate of drug-likeness (QED) is 0.769. The number of likely N-dealkylation sites (tertiary alicyclic amines) is 1. The first-order valence-corrected chi connectivity index (χ1v) is 11.2. The highest BCUT2D eigenvalue weighted by Gasteiger charge is 2.38. The average Bonchev–Trinajstić information content (AvgIpc) is 2.74. The maximum Gasteiger partial charge on any atom is 0.267 e. The minimum atomic E-state index is -3.90. The van der Waals surface area contributed by atoms with Gasteiger partial charge in [-0.25, -0.2) is 8.42 Å². The fourth-order valence-corrected chi connectivity index (χ4v) is 5.29. The van der Waals surface area contributed by atoms with Crippen LogP contribution in [0.5, 0.6) is 5.75 Å². The minimum Gasteiger partial charge on any atom is -0.497 e. The SMILES string of the molecule is COc1ccc(N2C=C(C(=O)N3CCC(C)CC3)S(=O)(=O)c3ccccc32)cc1. The summed E-state index contributed by atoms with van der Waals surface area (Å²) in [5.74, 6) is 0.826. The van der Waals surface area contributed by atoms with E-state index in [-0.39, 0.29) is 9.80 Å². The van der Waals surface area contributed by atoms with Crippen molar-refractivity contribution in [3.05, 3.63) is 59.6 Å². The number of anilines is 2. The first-order valence-electron chi connectivity index (χ1n) is 9.70. The van der Waals surface area contributed by atoms with Crippen molar-refractivity contribution < 1.29 is 17.9 Å². The lowest BCUT2D eigenvalue weighted by atomic mass is 9.99. The molecule has 4 rings (SSSR count). The second-order valence-corrected chi connectivity index (χ2v) is 9.39. The summed E-state index contributed by atoms with van der Waals surface area (Å²) in [6, 6.07) is 14.1. The van der Waals surface area contributed by atoms with E-state index < -0.39 is 15.7 Å². The molecule has 2 heterocycles. The Bertz CT molecular complexity index is 1050. The zero-order chi connectivity index (χ0) is 20.6. The summed E-state index contributed by atoms with van der Waals surface area (Å²) in [7, 11) is -2.30. The van der Waals surface area contributed by atoms with Gasteiger partial charge in [-0.2, -0.15) is 0 Å². The van der Waals surface area contributed by atoms with Gasteiger partial charge in [-0.15, -0.1) is 0 Å². The number of hydrogen-bond acceptors (Lipinski definition) is 5. The third-order valence-corrected chi connectivity index (χ3v) is 7.37. The number of sulfone groups is 1.